The number of hydrogen-bond acceptors (Lipinski definition) is 8. The molecule has 32 heavy (non-hydrogen) atoms. The summed E-state index contributed by atoms with van der Waals surface area (Å²) in [6.45, 7) is 3.83. The molecule has 0 spiro atoms. The van der Waals surface area contributed by atoms with Gasteiger partial charge in [-0.1, -0.05) is 10.3 Å². The Morgan fingerprint density at radius 3 is 2.56 bits per heavy atom. The number of nitro benzene ring substituents is 1. The van der Waals surface area contributed by atoms with Gasteiger partial charge in [0.1, 0.15) is 22.1 Å². The van der Waals surface area contributed by atoms with Gasteiger partial charge >= 0.3 is 11.9 Å². The summed E-state index contributed by atoms with van der Waals surface area (Å²) in [6.07, 6.45) is -3.86. The van der Waals surface area contributed by atoms with Crippen LogP contribution >= 0.6 is 11.8 Å². The summed E-state index contributed by atoms with van der Waals surface area (Å²) < 4.78 is 49.0. The van der Waals surface area contributed by atoms with Crippen LogP contribution in [-0.2, 0) is 16.8 Å². The van der Waals surface area contributed by atoms with Crippen LogP contribution in [0.1, 0.15) is 31.5 Å². The number of oxime groups is 1. The number of nitrogens with zero attached hydrogens (tertiary/aromatic N) is 3. The Balaban J connectivity index is 1.58. The maximum absolute atomic E-state index is 12.7. The average molecular weight is 467 g/mol. The number of rotatable bonds is 5. The van der Waals surface area contributed by atoms with E-state index in [2.05, 4.69) is 10.3 Å². The van der Waals surface area contributed by atoms with E-state index in [1.165, 1.54) is 23.9 Å². The minimum Gasteiger partial charge on any atom is -0.450 e. The average Bonchev–Trinajstić information content (AvgIpc) is 3.27. The predicted molar refractivity (Wildman–Crippen MR) is 111 cm³/mol. The molecule has 12 heteroatoms. The van der Waals surface area contributed by atoms with Crippen LogP contribution in [0.25, 0.3) is 11.0 Å². The lowest BCUT2D eigenvalue weighted by atomic mass is 10.1. The highest BCUT2D eigenvalue weighted by atomic mass is 32.2. The van der Waals surface area contributed by atoms with E-state index in [0.717, 1.165) is 29.3 Å². The molecule has 0 unspecified atom stereocenters. The topological polar surface area (TPSA) is 100.0 Å². The maximum Gasteiger partial charge on any atom is 0.416 e. The van der Waals surface area contributed by atoms with E-state index in [1.807, 2.05) is 13.8 Å². The zero-order valence-corrected chi connectivity index (χ0v) is 17.6. The van der Waals surface area contributed by atoms with E-state index in [0.29, 0.717) is 23.3 Å². The highest BCUT2D eigenvalue weighted by molar-refractivity contribution is 8.13. The first kappa shape index (κ1) is 21.9. The van der Waals surface area contributed by atoms with Gasteiger partial charge in [0.15, 0.2) is 5.58 Å². The fourth-order valence-corrected chi connectivity index (χ4v) is 4.06. The summed E-state index contributed by atoms with van der Waals surface area (Å²) in [7, 11) is 0. The Morgan fingerprint density at radius 1 is 1.25 bits per heavy atom. The summed E-state index contributed by atoms with van der Waals surface area (Å²) in [6, 6.07) is 6.42. The second kappa shape index (κ2) is 8.01. The van der Waals surface area contributed by atoms with Gasteiger partial charge in [-0.05, 0) is 38.1 Å². The van der Waals surface area contributed by atoms with E-state index >= 15 is 0 Å². The monoisotopic (exact) mass is 467 g/mol. The van der Waals surface area contributed by atoms with Gasteiger partial charge in [0.05, 0.1) is 15.9 Å². The Morgan fingerprint density at radius 2 is 1.97 bits per heavy atom. The molecular formula is C20H16F3N3O5S. The number of fused-ring (bicyclic) bond motifs is 1. The zero-order valence-electron chi connectivity index (χ0n) is 16.8. The van der Waals surface area contributed by atoms with Gasteiger partial charge in [0, 0.05) is 24.3 Å². The normalized spacial score (nSPS) is 15.5. The van der Waals surface area contributed by atoms with E-state index in [-0.39, 0.29) is 28.4 Å². The molecule has 0 aliphatic carbocycles. The molecule has 0 bridgehead atoms. The second-order valence-corrected chi connectivity index (χ2v) is 8.68. The van der Waals surface area contributed by atoms with Gasteiger partial charge in [-0.25, -0.2) is 0 Å². The molecule has 4 rings (SSSR count). The Hall–Kier alpha value is -3.28. The number of thioether (sulfide) groups is 1. The Kier molecular flexibility index (Phi) is 5.49. The third kappa shape index (κ3) is 4.64. The van der Waals surface area contributed by atoms with E-state index in [4.69, 9.17) is 14.1 Å². The lowest BCUT2D eigenvalue weighted by molar-refractivity contribution is -0.385. The maximum atomic E-state index is 12.7. The molecule has 8 nitrogen and oxygen atoms in total. The second-order valence-electron chi connectivity index (χ2n) is 7.63. The predicted octanol–water partition coefficient (Wildman–Crippen LogP) is 6.29. The summed E-state index contributed by atoms with van der Waals surface area (Å²) in [5.74, 6) is 0.201. The van der Waals surface area contributed by atoms with Crippen molar-refractivity contribution in [3.63, 3.8) is 0 Å². The molecule has 1 aliphatic rings. The molecule has 0 saturated heterocycles. The van der Waals surface area contributed by atoms with Gasteiger partial charge in [-0.2, -0.15) is 13.2 Å². The third-order valence-corrected chi connectivity index (χ3v) is 5.55. The van der Waals surface area contributed by atoms with Gasteiger partial charge in [-0.3, -0.25) is 10.1 Å². The van der Waals surface area contributed by atoms with Crippen LogP contribution in [-0.4, -0.2) is 20.7 Å². The van der Waals surface area contributed by atoms with Crippen molar-refractivity contribution in [2.24, 2.45) is 5.16 Å². The lowest BCUT2D eigenvalue weighted by Gasteiger charge is -2.12. The van der Waals surface area contributed by atoms with Gasteiger partial charge in [-0.15, -0.1) is 11.8 Å². The van der Waals surface area contributed by atoms with Crippen molar-refractivity contribution in [3.05, 3.63) is 57.8 Å². The Labute approximate surface area is 183 Å². The third-order valence-electron chi connectivity index (χ3n) is 4.58. The van der Waals surface area contributed by atoms with Crippen LogP contribution in [0, 0.1) is 10.1 Å². The molecule has 0 atom stereocenters. The van der Waals surface area contributed by atoms with Crippen LogP contribution < -0.4 is 4.74 Å². The smallest absolute Gasteiger partial charge is 0.416 e. The number of ether oxygens (including phenoxy) is 1. The van der Waals surface area contributed by atoms with Crippen molar-refractivity contribution < 1.29 is 32.2 Å². The van der Waals surface area contributed by atoms with E-state index in [1.54, 1.807) is 0 Å². The number of halogens is 3. The minimum atomic E-state index is -4.50. The molecule has 168 valence electrons. The number of nitro groups is 1. The summed E-state index contributed by atoms with van der Waals surface area (Å²) in [5, 5.41) is 20.8. The van der Waals surface area contributed by atoms with Gasteiger partial charge < -0.3 is 14.1 Å². The van der Waals surface area contributed by atoms with Crippen molar-refractivity contribution in [2.75, 3.05) is 0 Å². The summed E-state index contributed by atoms with van der Waals surface area (Å²) in [5.41, 5.74) is -0.862. The lowest BCUT2D eigenvalue weighted by Crippen LogP contribution is -2.18. The number of aromatic nitrogens is 1. The SMILES string of the molecule is CC1(C)CC(SCc2noc3cc(Oc4ccc(C(F)(F)F)cc4)c([N+](=O)[O-])cc23)=NO1. The fourth-order valence-electron chi connectivity index (χ4n) is 3.00. The first-order valence-electron chi connectivity index (χ1n) is 9.31. The van der Waals surface area contributed by atoms with Crippen molar-refractivity contribution in [2.45, 2.75) is 37.8 Å². The zero-order chi connectivity index (χ0) is 23.1. The summed E-state index contributed by atoms with van der Waals surface area (Å²) >= 11 is 1.39. The van der Waals surface area contributed by atoms with Crippen LogP contribution in [0.15, 0.2) is 46.1 Å². The van der Waals surface area contributed by atoms with E-state index < -0.39 is 16.7 Å². The summed E-state index contributed by atoms with van der Waals surface area (Å²) in [4.78, 5) is 16.3. The largest absolute Gasteiger partial charge is 0.450 e. The minimum absolute atomic E-state index is 0.0117. The molecule has 0 N–H and O–H groups in total. The molecule has 1 aromatic heterocycles. The fraction of sp³-hybridized carbons (Fsp3) is 0.300. The van der Waals surface area contributed by atoms with Crippen molar-refractivity contribution in [1.82, 2.24) is 5.16 Å². The van der Waals surface area contributed by atoms with Crippen LogP contribution in [0.3, 0.4) is 0 Å². The van der Waals surface area contributed by atoms with Gasteiger partial charge in [0.2, 0.25) is 5.75 Å². The first-order chi connectivity index (χ1) is 15.0. The Bertz CT molecular complexity index is 1210. The molecule has 1 aliphatic heterocycles. The molecule has 2 heterocycles. The molecule has 3 aromatic rings. The van der Waals surface area contributed by atoms with Crippen LogP contribution in [0.4, 0.5) is 18.9 Å². The van der Waals surface area contributed by atoms with Crippen LogP contribution in [0.5, 0.6) is 11.5 Å². The van der Waals surface area contributed by atoms with Crippen molar-refractivity contribution >= 4 is 33.5 Å². The quantitative estimate of drug-likeness (QED) is 0.321. The first-order valence-corrected chi connectivity index (χ1v) is 10.3. The number of benzene rings is 2. The standard InChI is InChI=1S/C20H16F3N3O5S/c1-19(2)9-18(25-31-19)32-10-14-13-7-15(26(27)28)17(8-16(13)30-24-14)29-12-5-3-11(4-6-12)20(21,22)23/h3-8H,9-10H2,1-2H3. The molecule has 2 aromatic carbocycles. The number of alkyl halides is 3. The van der Waals surface area contributed by atoms with Gasteiger partial charge in [0.25, 0.3) is 0 Å². The molecule has 0 saturated carbocycles. The van der Waals surface area contributed by atoms with Crippen molar-refractivity contribution in [1.29, 1.82) is 0 Å². The highest BCUT2D eigenvalue weighted by Crippen LogP contribution is 2.38. The molecular weight excluding hydrogens is 451 g/mol. The van der Waals surface area contributed by atoms with Crippen LogP contribution in [0.2, 0.25) is 0 Å². The van der Waals surface area contributed by atoms with Crippen molar-refractivity contribution in [3.8, 4) is 11.5 Å². The highest BCUT2D eigenvalue weighted by Gasteiger charge is 2.31. The molecule has 0 fully saturated rings. The molecule has 0 amide bonds. The van der Waals surface area contributed by atoms with E-state index in [9.17, 15) is 23.3 Å². The number of hydrogen-bond donors (Lipinski definition) is 0. The molecule has 0 radical (unpaired) electrons.